The minimum Gasteiger partial charge on any atom is -0.451 e. The van der Waals surface area contributed by atoms with Crippen LogP contribution in [0, 0.1) is 19.7 Å². The Morgan fingerprint density at radius 2 is 1.77 bits per heavy atom. The van der Waals surface area contributed by atoms with E-state index in [2.05, 4.69) is 41.4 Å². The first kappa shape index (κ1) is 20.6. The third kappa shape index (κ3) is 4.41. The topological polar surface area (TPSA) is 45.5 Å². The lowest BCUT2D eigenvalue weighted by Crippen LogP contribution is -2.38. The summed E-state index contributed by atoms with van der Waals surface area (Å²) in [6.45, 7) is 6.47. The van der Waals surface area contributed by atoms with Crippen LogP contribution in [-0.4, -0.2) is 30.4 Å². The number of aryl methyl sites for hydroxylation is 2. The number of nitrogens with one attached hydrogen (secondary N) is 1. The predicted octanol–water partition coefficient (Wildman–Crippen LogP) is 5.54. The zero-order chi connectivity index (χ0) is 21.1. The Hall–Kier alpha value is -2.66. The fraction of sp³-hybridized carbons (Fsp3) is 0.400. The van der Waals surface area contributed by atoms with Gasteiger partial charge in [0.25, 0.3) is 5.91 Å². The van der Waals surface area contributed by atoms with Crippen molar-refractivity contribution in [2.75, 3.05) is 19.6 Å². The van der Waals surface area contributed by atoms with Gasteiger partial charge >= 0.3 is 0 Å². The molecule has 1 unspecified atom stereocenters. The van der Waals surface area contributed by atoms with Gasteiger partial charge in [-0.15, -0.1) is 0 Å². The van der Waals surface area contributed by atoms with Crippen molar-refractivity contribution in [2.45, 2.75) is 45.6 Å². The third-order valence-electron chi connectivity index (χ3n) is 6.10. The molecule has 0 bridgehead atoms. The molecular weight excluding hydrogens is 379 g/mol. The summed E-state index contributed by atoms with van der Waals surface area (Å²) in [6.07, 6.45) is 4.89. The molecule has 1 atom stereocenters. The van der Waals surface area contributed by atoms with Gasteiger partial charge in [-0.05, 0) is 63.5 Å². The number of carbonyl (C=O) groups is 1. The van der Waals surface area contributed by atoms with Crippen LogP contribution in [0.1, 0.15) is 59.0 Å². The first-order valence-electron chi connectivity index (χ1n) is 10.8. The Labute approximate surface area is 177 Å². The molecule has 1 fully saturated rings. The van der Waals surface area contributed by atoms with Crippen molar-refractivity contribution in [3.63, 3.8) is 0 Å². The molecule has 4 nitrogen and oxygen atoms in total. The lowest BCUT2D eigenvalue weighted by Gasteiger charge is -2.31. The number of amides is 1. The van der Waals surface area contributed by atoms with Crippen LogP contribution in [0.3, 0.4) is 0 Å². The molecule has 1 amide bonds. The molecule has 5 heteroatoms. The van der Waals surface area contributed by atoms with Crippen molar-refractivity contribution in [1.82, 2.24) is 10.2 Å². The molecule has 30 heavy (non-hydrogen) atoms. The molecule has 1 aliphatic rings. The van der Waals surface area contributed by atoms with E-state index in [4.69, 9.17) is 4.42 Å². The summed E-state index contributed by atoms with van der Waals surface area (Å²) in [5.74, 6) is -0.330. The number of carbonyl (C=O) groups excluding carboxylic acids is 1. The molecule has 4 rings (SSSR count). The normalized spacial score (nSPS) is 16.4. The lowest BCUT2D eigenvalue weighted by molar-refractivity contribution is 0.0907. The molecule has 1 N–H and O–H groups in total. The van der Waals surface area contributed by atoms with E-state index in [0.29, 0.717) is 23.1 Å². The number of halogens is 1. The van der Waals surface area contributed by atoms with Crippen molar-refractivity contribution < 1.29 is 13.6 Å². The van der Waals surface area contributed by atoms with Gasteiger partial charge in [0, 0.05) is 17.5 Å². The molecule has 3 aromatic rings. The zero-order valence-electron chi connectivity index (χ0n) is 17.7. The van der Waals surface area contributed by atoms with Gasteiger partial charge in [-0.1, -0.05) is 42.7 Å². The summed E-state index contributed by atoms with van der Waals surface area (Å²) in [6, 6.07) is 13.0. The number of benzene rings is 2. The van der Waals surface area contributed by atoms with E-state index in [9.17, 15) is 9.18 Å². The van der Waals surface area contributed by atoms with E-state index in [1.165, 1.54) is 48.9 Å². The first-order chi connectivity index (χ1) is 14.5. The molecule has 0 aliphatic carbocycles. The number of fused-ring (bicyclic) bond motifs is 1. The number of nitrogens with zero attached hydrogens (tertiary/aromatic N) is 1. The minimum absolute atomic E-state index is 0.120. The van der Waals surface area contributed by atoms with Crippen LogP contribution in [-0.2, 0) is 0 Å². The van der Waals surface area contributed by atoms with Crippen LogP contribution in [0.4, 0.5) is 4.39 Å². The Bertz CT molecular complexity index is 1020. The molecular formula is C25H29FN2O2. The van der Waals surface area contributed by atoms with Gasteiger partial charge in [0.1, 0.15) is 11.4 Å². The van der Waals surface area contributed by atoms with E-state index in [1.807, 2.05) is 0 Å². The third-order valence-corrected chi connectivity index (χ3v) is 6.10. The smallest absolute Gasteiger partial charge is 0.287 e. The molecule has 1 aliphatic heterocycles. The van der Waals surface area contributed by atoms with Crippen LogP contribution in [0.25, 0.3) is 11.0 Å². The fourth-order valence-electron chi connectivity index (χ4n) is 4.33. The Morgan fingerprint density at radius 1 is 1.07 bits per heavy atom. The van der Waals surface area contributed by atoms with Crippen LogP contribution in [0.2, 0.25) is 0 Å². The summed E-state index contributed by atoms with van der Waals surface area (Å²) in [7, 11) is 0. The predicted molar refractivity (Wildman–Crippen MR) is 117 cm³/mol. The Kier molecular flexibility index (Phi) is 6.18. The highest BCUT2D eigenvalue weighted by Crippen LogP contribution is 2.27. The summed E-state index contributed by atoms with van der Waals surface area (Å²) < 4.78 is 19.3. The first-order valence-corrected chi connectivity index (χ1v) is 10.8. The maximum Gasteiger partial charge on any atom is 0.287 e. The maximum absolute atomic E-state index is 13.6. The van der Waals surface area contributed by atoms with Gasteiger partial charge in [0.2, 0.25) is 0 Å². The lowest BCUT2D eigenvalue weighted by atomic mass is 10.0. The summed E-state index contributed by atoms with van der Waals surface area (Å²) >= 11 is 0. The van der Waals surface area contributed by atoms with E-state index < -0.39 is 0 Å². The number of likely N-dealkylation sites (tertiary alicyclic amines) is 1. The van der Waals surface area contributed by atoms with Crippen molar-refractivity contribution in [1.29, 1.82) is 0 Å². The van der Waals surface area contributed by atoms with Gasteiger partial charge in [-0.25, -0.2) is 4.39 Å². The summed E-state index contributed by atoms with van der Waals surface area (Å²) in [5, 5.41) is 3.72. The van der Waals surface area contributed by atoms with Gasteiger partial charge < -0.3 is 9.73 Å². The second kappa shape index (κ2) is 9.00. The molecule has 0 saturated carbocycles. The minimum atomic E-state index is -0.334. The molecule has 2 aromatic carbocycles. The van der Waals surface area contributed by atoms with Crippen LogP contribution >= 0.6 is 0 Å². The zero-order valence-corrected chi connectivity index (χ0v) is 17.7. The Balaban J connectivity index is 1.55. The van der Waals surface area contributed by atoms with Crippen molar-refractivity contribution in [3.05, 3.63) is 70.7 Å². The average Bonchev–Trinajstić information content (AvgIpc) is 2.91. The number of furan rings is 1. The molecule has 2 heterocycles. The quantitative estimate of drug-likeness (QED) is 0.603. The van der Waals surface area contributed by atoms with Crippen molar-refractivity contribution in [3.8, 4) is 0 Å². The SMILES string of the molecule is Cc1ccc(C(CNC(=O)c2oc3ccc(F)cc3c2C)N2CCCCCC2)cc1. The molecule has 1 aromatic heterocycles. The number of hydrogen-bond acceptors (Lipinski definition) is 3. The van der Waals surface area contributed by atoms with Crippen molar-refractivity contribution >= 4 is 16.9 Å². The van der Waals surface area contributed by atoms with Gasteiger partial charge in [-0.3, -0.25) is 9.69 Å². The second-order valence-electron chi connectivity index (χ2n) is 8.28. The summed E-state index contributed by atoms with van der Waals surface area (Å²) in [5.41, 5.74) is 3.64. The Morgan fingerprint density at radius 3 is 2.47 bits per heavy atom. The molecule has 0 radical (unpaired) electrons. The van der Waals surface area contributed by atoms with Gasteiger partial charge in [0.15, 0.2) is 5.76 Å². The highest BCUT2D eigenvalue weighted by Gasteiger charge is 2.24. The van der Waals surface area contributed by atoms with Gasteiger partial charge in [-0.2, -0.15) is 0 Å². The van der Waals surface area contributed by atoms with E-state index in [1.54, 1.807) is 13.0 Å². The largest absolute Gasteiger partial charge is 0.451 e. The maximum atomic E-state index is 13.6. The highest BCUT2D eigenvalue weighted by molar-refractivity contribution is 5.98. The van der Waals surface area contributed by atoms with E-state index in [-0.39, 0.29) is 23.5 Å². The monoisotopic (exact) mass is 408 g/mol. The van der Waals surface area contributed by atoms with Crippen LogP contribution < -0.4 is 5.32 Å². The number of hydrogen-bond donors (Lipinski definition) is 1. The number of rotatable bonds is 5. The van der Waals surface area contributed by atoms with Crippen LogP contribution in [0.15, 0.2) is 46.9 Å². The summed E-state index contributed by atoms with van der Waals surface area (Å²) in [4.78, 5) is 15.4. The molecule has 1 saturated heterocycles. The molecule has 158 valence electrons. The highest BCUT2D eigenvalue weighted by atomic mass is 19.1. The van der Waals surface area contributed by atoms with E-state index >= 15 is 0 Å². The van der Waals surface area contributed by atoms with Crippen LogP contribution in [0.5, 0.6) is 0 Å². The van der Waals surface area contributed by atoms with E-state index in [0.717, 1.165) is 13.1 Å². The second-order valence-corrected chi connectivity index (χ2v) is 8.28. The molecule has 0 spiro atoms. The van der Waals surface area contributed by atoms with Crippen molar-refractivity contribution in [2.24, 2.45) is 0 Å². The van der Waals surface area contributed by atoms with Gasteiger partial charge in [0.05, 0.1) is 6.04 Å². The fourth-order valence-corrected chi connectivity index (χ4v) is 4.33. The standard InChI is InChI=1S/C25H29FN2O2/c1-17-7-9-19(10-8-17)22(28-13-5-3-4-6-14-28)16-27-25(29)24-18(2)21-15-20(26)11-12-23(21)30-24/h7-12,15,22H,3-6,13-14,16H2,1-2H3,(H,27,29). The average molecular weight is 409 g/mol.